The second kappa shape index (κ2) is 8.31. The van der Waals surface area contributed by atoms with Crippen LogP contribution in [0.3, 0.4) is 0 Å². The van der Waals surface area contributed by atoms with Crippen molar-refractivity contribution in [3.8, 4) is 0 Å². The average Bonchev–Trinajstić information content (AvgIpc) is 2.37. The molecule has 1 N–H and O–H groups in total. The summed E-state index contributed by atoms with van der Waals surface area (Å²) in [6, 6.07) is 10.1. The third-order valence-corrected chi connectivity index (χ3v) is 3.67. The lowest BCUT2D eigenvalue weighted by atomic mass is 10.1. The number of thiocarbonyl (C=S) groups is 1. The molecule has 1 nitrogen and oxygen atoms in total. The summed E-state index contributed by atoms with van der Waals surface area (Å²) >= 11 is 7.26. The lowest BCUT2D eigenvalue weighted by Crippen LogP contribution is -2.11. The molecule has 0 heterocycles. The highest BCUT2D eigenvalue weighted by atomic mass is 32.2. The second-order valence-electron chi connectivity index (χ2n) is 3.62. The molecular weight excluding hydrogens is 246 g/mol. The van der Waals surface area contributed by atoms with E-state index >= 15 is 0 Å². The predicted molar refractivity (Wildman–Crippen MR) is 82.7 cm³/mol. The van der Waals surface area contributed by atoms with Crippen LogP contribution in [0.15, 0.2) is 41.4 Å². The highest BCUT2D eigenvalue weighted by Gasteiger charge is 2.01. The number of hydrogen-bond donors (Lipinski definition) is 1. The molecule has 0 spiro atoms. The van der Waals surface area contributed by atoms with Gasteiger partial charge in [0.05, 0.1) is 5.03 Å². The van der Waals surface area contributed by atoms with Gasteiger partial charge in [0.15, 0.2) is 0 Å². The van der Waals surface area contributed by atoms with Gasteiger partial charge in [-0.2, -0.15) is 0 Å². The second-order valence-corrected chi connectivity index (χ2v) is 5.19. The standard InChI is InChI=1S/C14H19NS2/c1-3-10-17-14(15-4-2)11-13(16)12-8-6-5-7-9-12/h5-9,11,15H,3-4,10H2,1-2H3/b14-11+. The molecular formula is C14H19NS2. The third kappa shape index (κ3) is 5.37. The maximum absolute atomic E-state index is 5.43. The molecule has 17 heavy (non-hydrogen) atoms. The fraction of sp³-hybridized carbons (Fsp3) is 0.357. The zero-order chi connectivity index (χ0) is 12.5. The first-order valence-corrected chi connectivity index (χ1v) is 7.35. The first-order chi connectivity index (χ1) is 8.27. The zero-order valence-electron chi connectivity index (χ0n) is 10.4. The van der Waals surface area contributed by atoms with E-state index in [-0.39, 0.29) is 0 Å². The first-order valence-electron chi connectivity index (χ1n) is 5.95. The summed E-state index contributed by atoms with van der Waals surface area (Å²) in [6.07, 6.45) is 3.24. The van der Waals surface area contributed by atoms with Crippen molar-refractivity contribution in [1.82, 2.24) is 5.32 Å². The Morgan fingerprint density at radius 3 is 2.59 bits per heavy atom. The number of nitrogens with one attached hydrogen (secondary N) is 1. The summed E-state index contributed by atoms with van der Waals surface area (Å²) in [7, 11) is 0. The van der Waals surface area contributed by atoms with Crippen LogP contribution in [0.25, 0.3) is 0 Å². The molecule has 0 bridgehead atoms. The summed E-state index contributed by atoms with van der Waals surface area (Å²) in [4.78, 5) is 0.894. The molecule has 1 rings (SSSR count). The minimum Gasteiger partial charge on any atom is -0.380 e. The van der Waals surface area contributed by atoms with Crippen molar-refractivity contribution in [3.05, 3.63) is 47.0 Å². The van der Waals surface area contributed by atoms with E-state index in [9.17, 15) is 0 Å². The Bertz CT molecular complexity index is 371. The van der Waals surface area contributed by atoms with Gasteiger partial charge in [0, 0.05) is 11.4 Å². The molecule has 0 saturated carbocycles. The van der Waals surface area contributed by atoms with Crippen molar-refractivity contribution >= 4 is 28.8 Å². The summed E-state index contributed by atoms with van der Waals surface area (Å²) < 4.78 is 0. The van der Waals surface area contributed by atoms with E-state index in [1.807, 2.05) is 42.1 Å². The van der Waals surface area contributed by atoms with Gasteiger partial charge in [0.25, 0.3) is 0 Å². The maximum Gasteiger partial charge on any atom is 0.0695 e. The Kier molecular flexibility index (Phi) is 6.97. The SMILES string of the molecule is CCCS/C(=C/C(=S)c1ccccc1)NCC. The quantitative estimate of drug-likeness (QED) is 0.455. The van der Waals surface area contributed by atoms with Crippen molar-refractivity contribution in [2.24, 2.45) is 0 Å². The van der Waals surface area contributed by atoms with Crippen LogP contribution >= 0.6 is 24.0 Å². The fourth-order valence-corrected chi connectivity index (χ4v) is 2.53. The highest BCUT2D eigenvalue weighted by molar-refractivity contribution is 8.03. The molecule has 0 aromatic heterocycles. The maximum atomic E-state index is 5.43. The van der Waals surface area contributed by atoms with E-state index in [2.05, 4.69) is 25.2 Å². The molecule has 0 amide bonds. The van der Waals surface area contributed by atoms with Crippen LogP contribution in [0.4, 0.5) is 0 Å². The highest BCUT2D eigenvalue weighted by Crippen LogP contribution is 2.15. The van der Waals surface area contributed by atoms with Crippen molar-refractivity contribution in [3.63, 3.8) is 0 Å². The van der Waals surface area contributed by atoms with Crippen LogP contribution in [-0.2, 0) is 0 Å². The molecule has 0 unspecified atom stereocenters. The molecule has 0 radical (unpaired) electrons. The van der Waals surface area contributed by atoms with E-state index in [4.69, 9.17) is 12.2 Å². The minimum atomic E-state index is 0.894. The Morgan fingerprint density at radius 2 is 2.00 bits per heavy atom. The van der Waals surface area contributed by atoms with Gasteiger partial charge in [-0.05, 0) is 30.7 Å². The van der Waals surface area contributed by atoms with Crippen LogP contribution in [0.1, 0.15) is 25.8 Å². The Balaban J connectivity index is 2.72. The summed E-state index contributed by atoms with van der Waals surface area (Å²) in [5.41, 5.74) is 1.11. The molecule has 1 aromatic rings. The lowest BCUT2D eigenvalue weighted by Gasteiger charge is -2.08. The topological polar surface area (TPSA) is 12.0 Å². The van der Waals surface area contributed by atoms with Crippen LogP contribution in [0.2, 0.25) is 0 Å². The van der Waals surface area contributed by atoms with Crippen LogP contribution in [0, 0.1) is 0 Å². The van der Waals surface area contributed by atoms with Gasteiger partial charge < -0.3 is 5.32 Å². The minimum absolute atomic E-state index is 0.894. The average molecular weight is 265 g/mol. The smallest absolute Gasteiger partial charge is 0.0695 e. The summed E-state index contributed by atoms with van der Waals surface area (Å²) in [6.45, 7) is 5.22. The predicted octanol–water partition coefficient (Wildman–Crippen LogP) is 4.00. The van der Waals surface area contributed by atoms with Crippen LogP contribution < -0.4 is 5.32 Å². The van der Waals surface area contributed by atoms with Gasteiger partial charge in [-0.15, -0.1) is 11.8 Å². The zero-order valence-corrected chi connectivity index (χ0v) is 12.0. The molecule has 1 aromatic carbocycles. The Labute approximate surface area is 114 Å². The van der Waals surface area contributed by atoms with Crippen molar-refractivity contribution in [2.75, 3.05) is 12.3 Å². The van der Waals surface area contributed by atoms with E-state index in [0.717, 1.165) is 22.7 Å². The third-order valence-electron chi connectivity index (χ3n) is 2.13. The van der Waals surface area contributed by atoms with Gasteiger partial charge in [0.1, 0.15) is 0 Å². The molecule has 0 fully saturated rings. The number of thioether (sulfide) groups is 1. The van der Waals surface area contributed by atoms with Gasteiger partial charge in [-0.1, -0.05) is 49.5 Å². The fourth-order valence-electron chi connectivity index (χ4n) is 1.33. The summed E-state index contributed by atoms with van der Waals surface area (Å²) in [5.74, 6) is 1.12. The van der Waals surface area contributed by atoms with E-state index in [1.165, 1.54) is 11.4 Å². The van der Waals surface area contributed by atoms with Gasteiger partial charge in [-0.25, -0.2) is 0 Å². The molecule has 0 aliphatic rings. The molecule has 0 aliphatic carbocycles. The van der Waals surface area contributed by atoms with Crippen LogP contribution in [-0.4, -0.2) is 17.2 Å². The van der Waals surface area contributed by atoms with Gasteiger partial charge in [-0.3, -0.25) is 0 Å². The van der Waals surface area contributed by atoms with Crippen LogP contribution in [0.5, 0.6) is 0 Å². The lowest BCUT2D eigenvalue weighted by molar-refractivity contribution is 0.904. The number of rotatable bonds is 7. The molecule has 3 heteroatoms. The number of benzene rings is 1. The first kappa shape index (κ1) is 14.3. The van der Waals surface area contributed by atoms with E-state index < -0.39 is 0 Å². The summed E-state index contributed by atoms with van der Waals surface area (Å²) in [5, 5.41) is 4.52. The van der Waals surface area contributed by atoms with Crippen molar-refractivity contribution in [2.45, 2.75) is 20.3 Å². The normalized spacial score (nSPS) is 11.3. The molecule has 92 valence electrons. The number of hydrogen-bond acceptors (Lipinski definition) is 3. The van der Waals surface area contributed by atoms with E-state index in [0.29, 0.717) is 0 Å². The largest absolute Gasteiger partial charge is 0.380 e. The van der Waals surface area contributed by atoms with E-state index in [1.54, 1.807) is 0 Å². The Morgan fingerprint density at radius 1 is 1.29 bits per heavy atom. The van der Waals surface area contributed by atoms with Gasteiger partial charge >= 0.3 is 0 Å². The van der Waals surface area contributed by atoms with Crippen molar-refractivity contribution < 1.29 is 0 Å². The molecule has 0 aliphatic heterocycles. The van der Waals surface area contributed by atoms with Crippen molar-refractivity contribution in [1.29, 1.82) is 0 Å². The monoisotopic (exact) mass is 265 g/mol. The van der Waals surface area contributed by atoms with Gasteiger partial charge in [0.2, 0.25) is 0 Å². The molecule has 0 atom stereocenters. The molecule has 0 saturated heterocycles. The Hall–Kier alpha value is -0.800. The number of allylic oxidation sites excluding steroid dienone is 1.